The Balaban J connectivity index is 1.60. The number of carbonyl (C=O) groups excluding carboxylic acids is 2. The lowest BCUT2D eigenvalue weighted by Gasteiger charge is -2.19. The van der Waals surface area contributed by atoms with Gasteiger partial charge in [-0.2, -0.15) is 0 Å². The second kappa shape index (κ2) is 10.2. The molecule has 1 saturated carbocycles. The van der Waals surface area contributed by atoms with Crippen molar-refractivity contribution in [1.82, 2.24) is 19.8 Å². The molecule has 0 bridgehead atoms. The number of carbonyl (C=O) groups is 2. The van der Waals surface area contributed by atoms with Crippen molar-refractivity contribution in [3.05, 3.63) is 70.0 Å². The predicted octanol–water partition coefficient (Wildman–Crippen LogP) is 3.30. The van der Waals surface area contributed by atoms with Crippen LogP contribution in [0.2, 0.25) is 0 Å². The second-order valence-corrected chi connectivity index (χ2v) is 9.04. The molecule has 0 radical (unpaired) electrons. The van der Waals surface area contributed by atoms with Crippen LogP contribution >= 0.6 is 11.8 Å². The first-order valence-electron chi connectivity index (χ1n) is 11.3. The number of benzene rings is 2. The normalized spacial score (nSPS) is 13.2. The summed E-state index contributed by atoms with van der Waals surface area (Å²) in [5, 5.41) is 4.03. The Labute approximate surface area is 197 Å². The highest BCUT2D eigenvalue weighted by molar-refractivity contribution is 7.99. The number of fused-ring (bicyclic) bond motifs is 1. The van der Waals surface area contributed by atoms with Gasteiger partial charge in [0.2, 0.25) is 5.91 Å². The van der Waals surface area contributed by atoms with Crippen LogP contribution in [0.25, 0.3) is 10.9 Å². The van der Waals surface area contributed by atoms with Crippen LogP contribution in [-0.4, -0.2) is 51.1 Å². The van der Waals surface area contributed by atoms with Gasteiger partial charge in [0.1, 0.15) is 0 Å². The molecule has 0 atom stereocenters. The average molecular weight is 465 g/mol. The number of hydrogen-bond acceptors (Lipinski definition) is 5. The Hall–Kier alpha value is -3.13. The van der Waals surface area contributed by atoms with E-state index in [1.165, 1.54) is 11.8 Å². The largest absolute Gasteiger partial charge is 0.349 e. The minimum absolute atomic E-state index is 0.0185. The van der Waals surface area contributed by atoms with Crippen molar-refractivity contribution in [2.24, 2.45) is 0 Å². The van der Waals surface area contributed by atoms with Gasteiger partial charge in [-0.1, -0.05) is 36.0 Å². The van der Waals surface area contributed by atoms with Gasteiger partial charge < -0.3 is 10.2 Å². The van der Waals surface area contributed by atoms with Gasteiger partial charge in [0.25, 0.3) is 11.5 Å². The fraction of sp³-hybridized carbons (Fsp3) is 0.360. The Morgan fingerprint density at radius 2 is 1.79 bits per heavy atom. The highest BCUT2D eigenvalue weighted by Gasteiger charge is 2.23. The summed E-state index contributed by atoms with van der Waals surface area (Å²) >= 11 is 1.28. The van der Waals surface area contributed by atoms with Crippen LogP contribution in [-0.2, 0) is 11.3 Å². The molecule has 8 heteroatoms. The highest BCUT2D eigenvalue weighted by Crippen LogP contribution is 2.21. The smallest absolute Gasteiger partial charge is 0.262 e. The number of amides is 2. The van der Waals surface area contributed by atoms with Gasteiger partial charge >= 0.3 is 0 Å². The summed E-state index contributed by atoms with van der Waals surface area (Å²) < 4.78 is 1.61. The number of rotatable bonds is 9. The van der Waals surface area contributed by atoms with Crippen LogP contribution in [0.4, 0.5) is 0 Å². The molecular formula is C25H28N4O3S. The molecule has 2 amide bonds. The molecule has 33 heavy (non-hydrogen) atoms. The number of nitrogens with zero attached hydrogens (tertiary/aromatic N) is 3. The lowest BCUT2D eigenvalue weighted by Crippen LogP contribution is -2.32. The van der Waals surface area contributed by atoms with E-state index < -0.39 is 0 Å². The Bertz CT molecular complexity index is 1210. The fourth-order valence-corrected chi connectivity index (χ4v) is 4.53. The van der Waals surface area contributed by atoms with E-state index >= 15 is 0 Å². The SMILES string of the molecule is CCN(CC)C(=O)CSc1nc2ccccc2c(=O)n1Cc1ccc(C(=O)NC2CC2)cc1. The topological polar surface area (TPSA) is 84.3 Å². The Morgan fingerprint density at radius 1 is 1.09 bits per heavy atom. The van der Waals surface area contributed by atoms with Crippen LogP contribution < -0.4 is 10.9 Å². The molecule has 0 aliphatic heterocycles. The maximum absolute atomic E-state index is 13.3. The van der Waals surface area contributed by atoms with Crippen LogP contribution in [0.3, 0.4) is 0 Å². The summed E-state index contributed by atoms with van der Waals surface area (Å²) in [5.74, 6) is 0.164. The molecule has 1 aromatic heterocycles. The quantitative estimate of drug-likeness (QED) is 0.388. The molecule has 7 nitrogen and oxygen atoms in total. The third-order valence-electron chi connectivity index (χ3n) is 5.74. The van der Waals surface area contributed by atoms with Gasteiger partial charge in [0, 0.05) is 24.7 Å². The van der Waals surface area contributed by atoms with Crippen LogP contribution in [0.5, 0.6) is 0 Å². The molecule has 0 saturated heterocycles. The second-order valence-electron chi connectivity index (χ2n) is 8.10. The van der Waals surface area contributed by atoms with Crippen LogP contribution in [0, 0.1) is 0 Å². The summed E-state index contributed by atoms with van der Waals surface area (Å²) in [6, 6.07) is 14.8. The van der Waals surface area contributed by atoms with Crippen molar-refractivity contribution in [3.8, 4) is 0 Å². The number of aromatic nitrogens is 2. The lowest BCUT2D eigenvalue weighted by molar-refractivity contribution is -0.127. The zero-order chi connectivity index (χ0) is 23.4. The van der Waals surface area contributed by atoms with Gasteiger partial charge in [-0.3, -0.25) is 19.0 Å². The third kappa shape index (κ3) is 5.45. The Kier molecular flexibility index (Phi) is 7.13. The number of hydrogen-bond donors (Lipinski definition) is 1. The molecule has 3 aromatic rings. The molecule has 172 valence electrons. The first kappa shape index (κ1) is 23.0. The molecule has 0 spiro atoms. The summed E-state index contributed by atoms with van der Waals surface area (Å²) in [5.41, 5.74) is 1.96. The van der Waals surface area contributed by atoms with E-state index in [1.54, 1.807) is 27.7 Å². The minimum Gasteiger partial charge on any atom is -0.349 e. The number of nitrogens with one attached hydrogen (secondary N) is 1. The standard InChI is InChI=1S/C25H28N4O3S/c1-3-28(4-2)22(30)16-33-25-27-21-8-6-5-7-20(21)24(32)29(25)15-17-9-11-18(12-10-17)23(31)26-19-13-14-19/h5-12,19H,3-4,13-16H2,1-2H3,(H,26,31). The Morgan fingerprint density at radius 3 is 2.45 bits per heavy atom. The van der Waals surface area contributed by atoms with Gasteiger partial charge in [0.15, 0.2) is 5.16 Å². The van der Waals surface area contributed by atoms with E-state index in [9.17, 15) is 14.4 Å². The van der Waals surface area contributed by atoms with Gasteiger partial charge in [-0.05, 0) is 56.5 Å². The maximum atomic E-state index is 13.3. The van der Waals surface area contributed by atoms with E-state index in [0.717, 1.165) is 18.4 Å². The molecule has 4 rings (SSSR count). The van der Waals surface area contributed by atoms with E-state index in [0.29, 0.717) is 47.3 Å². The van der Waals surface area contributed by atoms with E-state index in [-0.39, 0.29) is 23.1 Å². The van der Waals surface area contributed by atoms with E-state index in [4.69, 9.17) is 4.98 Å². The molecule has 1 aliphatic carbocycles. The van der Waals surface area contributed by atoms with Gasteiger partial charge in [0.05, 0.1) is 23.2 Å². The molecule has 1 heterocycles. The summed E-state index contributed by atoms with van der Waals surface area (Å²) in [4.78, 5) is 44.5. The van der Waals surface area contributed by atoms with E-state index in [2.05, 4.69) is 5.32 Å². The van der Waals surface area contributed by atoms with Crippen LogP contribution in [0.1, 0.15) is 42.6 Å². The van der Waals surface area contributed by atoms with Gasteiger partial charge in [-0.25, -0.2) is 4.98 Å². The van der Waals surface area contributed by atoms with Crippen molar-refractivity contribution in [2.75, 3.05) is 18.8 Å². The number of para-hydroxylation sites is 1. The molecule has 2 aromatic carbocycles. The molecule has 1 aliphatic rings. The molecular weight excluding hydrogens is 436 g/mol. The van der Waals surface area contributed by atoms with Crippen molar-refractivity contribution in [3.63, 3.8) is 0 Å². The van der Waals surface area contributed by atoms with Gasteiger partial charge in [-0.15, -0.1) is 0 Å². The summed E-state index contributed by atoms with van der Waals surface area (Å²) in [6.45, 7) is 5.50. The fourth-order valence-electron chi connectivity index (χ4n) is 3.63. The molecule has 0 unspecified atom stereocenters. The highest BCUT2D eigenvalue weighted by atomic mass is 32.2. The zero-order valence-corrected chi connectivity index (χ0v) is 19.7. The summed E-state index contributed by atoms with van der Waals surface area (Å²) in [7, 11) is 0. The molecule has 1 fully saturated rings. The third-order valence-corrected chi connectivity index (χ3v) is 6.70. The predicted molar refractivity (Wildman–Crippen MR) is 131 cm³/mol. The zero-order valence-electron chi connectivity index (χ0n) is 18.9. The van der Waals surface area contributed by atoms with Crippen LogP contribution in [0.15, 0.2) is 58.5 Å². The van der Waals surface area contributed by atoms with Crippen molar-refractivity contribution < 1.29 is 9.59 Å². The minimum atomic E-state index is -0.144. The lowest BCUT2D eigenvalue weighted by atomic mass is 10.1. The first-order valence-corrected chi connectivity index (χ1v) is 12.3. The van der Waals surface area contributed by atoms with Crippen molar-refractivity contribution in [2.45, 2.75) is 44.4 Å². The van der Waals surface area contributed by atoms with E-state index in [1.807, 2.05) is 44.2 Å². The summed E-state index contributed by atoms with van der Waals surface area (Å²) in [6.07, 6.45) is 2.08. The first-order chi connectivity index (χ1) is 16.0. The maximum Gasteiger partial charge on any atom is 0.262 e. The van der Waals surface area contributed by atoms with Crippen molar-refractivity contribution >= 4 is 34.5 Å². The monoisotopic (exact) mass is 464 g/mol. The number of thioether (sulfide) groups is 1. The molecule has 1 N–H and O–H groups in total. The van der Waals surface area contributed by atoms with Crippen molar-refractivity contribution in [1.29, 1.82) is 0 Å². The average Bonchev–Trinajstić information content (AvgIpc) is 3.65.